The number of hydrogen-bond donors (Lipinski definition) is 0. The molecule has 1 aromatic rings. The summed E-state index contributed by atoms with van der Waals surface area (Å²) in [5, 5.41) is 0. The molecule has 0 aliphatic heterocycles. The average molecular weight is 240 g/mol. The van der Waals surface area contributed by atoms with Crippen molar-refractivity contribution in [1.29, 1.82) is 0 Å². The number of rotatable bonds is 0. The van der Waals surface area contributed by atoms with E-state index >= 15 is 0 Å². The number of alkyl halides is 3. The summed E-state index contributed by atoms with van der Waals surface area (Å²) in [6, 6.07) is 2.28. The Labute approximate surface area is 75.7 Å². The van der Waals surface area contributed by atoms with Crippen molar-refractivity contribution in [2.45, 2.75) is 13.1 Å². The van der Waals surface area contributed by atoms with Crippen LogP contribution in [-0.4, -0.2) is 4.98 Å². The smallest absolute Gasteiger partial charge is 0.247 e. The van der Waals surface area contributed by atoms with E-state index in [1.807, 2.05) is 0 Å². The lowest BCUT2D eigenvalue weighted by Gasteiger charge is -2.06. The maximum atomic E-state index is 12.0. The Kier molecular flexibility index (Phi) is 2.41. The molecular formula is C7H5BrF3N. The Morgan fingerprint density at radius 2 is 1.92 bits per heavy atom. The molecule has 0 bridgehead atoms. The molecule has 12 heavy (non-hydrogen) atoms. The molecule has 5 heteroatoms. The number of pyridine rings is 1. The fourth-order valence-corrected chi connectivity index (χ4v) is 0.923. The van der Waals surface area contributed by atoms with Gasteiger partial charge in [0.25, 0.3) is 0 Å². The van der Waals surface area contributed by atoms with Gasteiger partial charge in [0.05, 0.1) is 5.69 Å². The summed E-state index contributed by atoms with van der Waals surface area (Å²) in [6.07, 6.45) is -4.36. The van der Waals surface area contributed by atoms with Crippen LogP contribution in [0.2, 0.25) is 0 Å². The van der Waals surface area contributed by atoms with E-state index in [1.54, 1.807) is 0 Å². The first-order chi connectivity index (χ1) is 5.41. The molecule has 0 N–H and O–H groups in total. The molecular weight excluding hydrogens is 235 g/mol. The predicted molar refractivity (Wildman–Crippen MR) is 41.7 cm³/mol. The maximum Gasteiger partial charge on any atom is 0.433 e. The molecule has 0 aromatic carbocycles. The minimum atomic E-state index is -4.36. The summed E-state index contributed by atoms with van der Waals surface area (Å²) in [7, 11) is 0. The number of aryl methyl sites for hydroxylation is 1. The highest BCUT2D eigenvalue weighted by molar-refractivity contribution is 9.10. The highest BCUT2D eigenvalue weighted by Gasteiger charge is 2.32. The van der Waals surface area contributed by atoms with Crippen LogP contribution in [0, 0.1) is 6.92 Å². The number of hydrogen-bond acceptors (Lipinski definition) is 1. The van der Waals surface area contributed by atoms with E-state index in [2.05, 4.69) is 20.9 Å². The van der Waals surface area contributed by atoms with Crippen molar-refractivity contribution < 1.29 is 13.2 Å². The van der Waals surface area contributed by atoms with Crippen molar-refractivity contribution >= 4 is 15.9 Å². The van der Waals surface area contributed by atoms with E-state index in [9.17, 15) is 13.2 Å². The molecule has 66 valence electrons. The Morgan fingerprint density at radius 3 is 2.33 bits per heavy atom. The molecule has 1 heterocycles. The minimum Gasteiger partial charge on any atom is -0.247 e. The predicted octanol–water partition coefficient (Wildman–Crippen LogP) is 3.17. The van der Waals surface area contributed by atoms with Crippen LogP contribution >= 0.6 is 15.9 Å². The van der Waals surface area contributed by atoms with E-state index in [0.717, 1.165) is 6.07 Å². The first-order valence-corrected chi connectivity index (χ1v) is 3.91. The van der Waals surface area contributed by atoms with E-state index < -0.39 is 11.9 Å². The Bertz CT molecular complexity index is 295. The summed E-state index contributed by atoms with van der Waals surface area (Å²) in [5.41, 5.74) is -0.520. The van der Waals surface area contributed by atoms with Gasteiger partial charge in [-0.2, -0.15) is 13.2 Å². The lowest BCUT2D eigenvalue weighted by atomic mass is 10.3. The normalized spacial score (nSPS) is 11.8. The van der Waals surface area contributed by atoms with Crippen molar-refractivity contribution in [1.82, 2.24) is 4.98 Å². The molecule has 0 atom stereocenters. The van der Waals surface area contributed by atoms with Gasteiger partial charge in [-0.15, -0.1) is 0 Å². The van der Waals surface area contributed by atoms with Crippen LogP contribution in [0.5, 0.6) is 0 Å². The van der Waals surface area contributed by atoms with Crippen molar-refractivity contribution in [3.63, 3.8) is 0 Å². The molecule has 0 aliphatic carbocycles. The molecule has 1 rings (SSSR count). The molecule has 0 fully saturated rings. The molecule has 0 radical (unpaired) electrons. The number of nitrogens with zero attached hydrogens (tertiary/aromatic N) is 1. The van der Waals surface area contributed by atoms with Gasteiger partial charge < -0.3 is 0 Å². The van der Waals surface area contributed by atoms with Gasteiger partial charge in [0.2, 0.25) is 0 Å². The highest BCUT2D eigenvalue weighted by Crippen LogP contribution is 2.28. The molecule has 0 unspecified atom stereocenters. The number of aromatic nitrogens is 1. The van der Waals surface area contributed by atoms with Crippen LogP contribution in [-0.2, 0) is 6.18 Å². The van der Waals surface area contributed by atoms with Crippen LogP contribution in [0.15, 0.2) is 16.6 Å². The first kappa shape index (κ1) is 9.51. The third-order valence-corrected chi connectivity index (χ3v) is 2.15. The standard InChI is InChI=1S/C7H5BrF3N/c1-4-5(8)2-3-6(12-4)7(9,10)11/h2-3H,1H3. The summed E-state index contributed by atoms with van der Waals surface area (Å²) >= 11 is 3.07. The largest absolute Gasteiger partial charge is 0.433 e. The quantitative estimate of drug-likeness (QED) is 0.678. The van der Waals surface area contributed by atoms with Gasteiger partial charge in [-0.05, 0) is 35.0 Å². The Morgan fingerprint density at radius 1 is 1.33 bits per heavy atom. The zero-order valence-electron chi connectivity index (χ0n) is 6.11. The van der Waals surface area contributed by atoms with Crippen LogP contribution in [0.3, 0.4) is 0 Å². The second kappa shape index (κ2) is 3.05. The molecule has 1 aromatic heterocycles. The van der Waals surface area contributed by atoms with Gasteiger partial charge in [0.1, 0.15) is 5.69 Å². The zero-order valence-corrected chi connectivity index (χ0v) is 7.70. The van der Waals surface area contributed by atoms with Crippen molar-refractivity contribution in [2.24, 2.45) is 0 Å². The fourth-order valence-electron chi connectivity index (χ4n) is 0.702. The van der Waals surface area contributed by atoms with E-state index in [-0.39, 0.29) is 0 Å². The molecule has 0 saturated heterocycles. The Hall–Kier alpha value is -0.580. The fraction of sp³-hybridized carbons (Fsp3) is 0.286. The summed E-state index contributed by atoms with van der Waals surface area (Å²) in [5.74, 6) is 0. The Balaban J connectivity index is 3.14. The topological polar surface area (TPSA) is 12.9 Å². The van der Waals surface area contributed by atoms with Gasteiger partial charge in [-0.1, -0.05) is 0 Å². The third kappa shape index (κ3) is 1.97. The highest BCUT2D eigenvalue weighted by atomic mass is 79.9. The van der Waals surface area contributed by atoms with Gasteiger partial charge in [0.15, 0.2) is 0 Å². The summed E-state index contributed by atoms with van der Waals surface area (Å²) in [6.45, 7) is 1.51. The van der Waals surface area contributed by atoms with E-state index in [4.69, 9.17) is 0 Å². The monoisotopic (exact) mass is 239 g/mol. The van der Waals surface area contributed by atoms with Crippen molar-refractivity contribution in [3.05, 3.63) is 28.0 Å². The number of halogens is 4. The summed E-state index contributed by atoms with van der Waals surface area (Å²) in [4.78, 5) is 3.37. The molecule has 0 amide bonds. The second-order valence-corrected chi connectivity index (χ2v) is 3.12. The first-order valence-electron chi connectivity index (χ1n) is 3.11. The molecule has 1 nitrogen and oxygen atoms in total. The third-order valence-electron chi connectivity index (χ3n) is 1.31. The lowest BCUT2D eigenvalue weighted by Crippen LogP contribution is -2.08. The SMILES string of the molecule is Cc1nc(C(F)(F)F)ccc1Br. The van der Waals surface area contributed by atoms with Crippen LogP contribution in [0.4, 0.5) is 13.2 Å². The average Bonchev–Trinajstić information content (AvgIpc) is 1.92. The van der Waals surface area contributed by atoms with Gasteiger partial charge in [-0.3, -0.25) is 0 Å². The lowest BCUT2D eigenvalue weighted by molar-refractivity contribution is -0.141. The van der Waals surface area contributed by atoms with Crippen LogP contribution in [0.25, 0.3) is 0 Å². The molecule has 0 saturated carbocycles. The van der Waals surface area contributed by atoms with Crippen molar-refractivity contribution in [2.75, 3.05) is 0 Å². The van der Waals surface area contributed by atoms with Crippen molar-refractivity contribution in [3.8, 4) is 0 Å². The van der Waals surface area contributed by atoms with Crippen LogP contribution < -0.4 is 0 Å². The van der Waals surface area contributed by atoms with E-state index in [0.29, 0.717) is 10.2 Å². The summed E-state index contributed by atoms with van der Waals surface area (Å²) < 4.78 is 36.6. The second-order valence-electron chi connectivity index (χ2n) is 2.26. The molecule has 0 aliphatic rings. The van der Waals surface area contributed by atoms with Crippen LogP contribution in [0.1, 0.15) is 11.4 Å². The van der Waals surface area contributed by atoms with E-state index in [1.165, 1.54) is 13.0 Å². The van der Waals surface area contributed by atoms with Gasteiger partial charge in [-0.25, -0.2) is 4.98 Å². The molecule has 0 spiro atoms. The van der Waals surface area contributed by atoms with Gasteiger partial charge in [0, 0.05) is 4.47 Å². The van der Waals surface area contributed by atoms with Gasteiger partial charge >= 0.3 is 6.18 Å². The zero-order chi connectivity index (χ0) is 9.35. The minimum absolute atomic E-state index is 0.338. The maximum absolute atomic E-state index is 12.0.